The van der Waals surface area contributed by atoms with Crippen LogP contribution in [-0.2, 0) is 0 Å². The molecule has 0 saturated carbocycles. The average molecular weight is 237 g/mol. The van der Waals surface area contributed by atoms with Gasteiger partial charge in [0.15, 0.2) is 0 Å². The van der Waals surface area contributed by atoms with E-state index in [1.165, 1.54) is 17.1 Å². The molecule has 0 bridgehead atoms. The summed E-state index contributed by atoms with van der Waals surface area (Å²) in [5.41, 5.74) is 1.91. The number of aromatic nitrogens is 2. The predicted molar refractivity (Wildman–Crippen MR) is 60.3 cm³/mol. The van der Waals surface area contributed by atoms with Gasteiger partial charge in [0.1, 0.15) is 0 Å². The summed E-state index contributed by atoms with van der Waals surface area (Å²) in [6.45, 7) is 1.91. The maximum Gasteiger partial charge on any atom is 0.338 e. The van der Waals surface area contributed by atoms with E-state index in [2.05, 4.69) is 5.10 Å². The molecule has 4 nitrogen and oxygen atoms in total. The zero-order valence-corrected chi connectivity index (χ0v) is 9.27. The van der Waals surface area contributed by atoms with Gasteiger partial charge in [0.25, 0.3) is 0 Å². The molecule has 0 saturated heterocycles. The first-order valence-corrected chi connectivity index (χ1v) is 5.00. The quantitative estimate of drug-likeness (QED) is 0.872. The van der Waals surface area contributed by atoms with Crippen molar-refractivity contribution in [2.75, 3.05) is 0 Å². The van der Waals surface area contributed by atoms with Gasteiger partial charge in [0, 0.05) is 11.2 Å². The fourth-order valence-corrected chi connectivity index (χ4v) is 1.56. The van der Waals surface area contributed by atoms with E-state index >= 15 is 0 Å². The third kappa shape index (κ3) is 1.92. The maximum atomic E-state index is 10.7. The van der Waals surface area contributed by atoms with Crippen molar-refractivity contribution in [3.05, 3.63) is 46.7 Å². The van der Waals surface area contributed by atoms with Crippen LogP contribution in [0.2, 0.25) is 5.02 Å². The van der Waals surface area contributed by atoms with Crippen LogP contribution >= 0.6 is 11.6 Å². The molecule has 1 N–H and O–H groups in total. The molecule has 16 heavy (non-hydrogen) atoms. The Bertz CT molecular complexity index is 549. The van der Waals surface area contributed by atoms with Gasteiger partial charge in [-0.3, -0.25) is 0 Å². The van der Waals surface area contributed by atoms with E-state index in [4.69, 9.17) is 16.7 Å². The monoisotopic (exact) mass is 236 g/mol. The lowest BCUT2D eigenvalue weighted by Gasteiger charge is -2.05. The Morgan fingerprint density at radius 3 is 2.88 bits per heavy atom. The topological polar surface area (TPSA) is 55.1 Å². The summed E-state index contributed by atoms with van der Waals surface area (Å²) in [6.07, 6.45) is 2.77. The van der Waals surface area contributed by atoms with Crippen LogP contribution < -0.4 is 0 Å². The summed E-state index contributed by atoms with van der Waals surface area (Å²) < 4.78 is 1.50. The summed E-state index contributed by atoms with van der Waals surface area (Å²) >= 11 is 5.88. The highest BCUT2D eigenvalue weighted by atomic mass is 35.5. The van der Waals surface area contributed by atoms with Crippen molar-refractivity contribution in [3.63, 3.8) is 0 Å². The number of aromatic carboxylic acids is 1. The standard InChI is InChI=1S/C11H9ClN2O2/c1-7-2-3-9(12)4-10(7)14-6-8(5-13-14)11(15)16/h2-6H,1H3,(H,15,16). The molecular weight excluding hydrogens is 228 g/mol. The van der Waals surface area contributed by atoms with Crippen LogP contribution in [0.4, 0.5) is 0 Å². The summed E-state index contributed by atoms with van der Waals surface area (Å²) in [6, 6.07) is 5.39. The lowest BCUT2D eigenvalue weighted by molar-refractivity contribution is 0.0697. The number of rotatable bonds is 2. The number of hydrogen-bond acceptors (Lipinski definition) is 2. The van der Waals surface area contributed by atoms with E-state index < -0.39 is 5.97 Å². The highest BCUT2D eigenvalue weighted by Crippen LogP contribution is 2.19. The van der Waals surface area contributed by atoms with Crippen molar-refractivity contribution in [1.29, 1.82) is 0 Å². The Morgan fingerprint density at radius 1 is 1.50 bits per heavy atom. The molecule has 2 rings (SSSR count). The van der Waals surface area contributed by atoms with Gasteiger partial charge in [-0.2, -0.15) is 5.10 Å². The van der Waals surface area contributed by atoms with Crippen molar-refractivity contribution in [2.45, 2.75) is 6.92 Å². The molecule has 0 spiro atoms. The Hall–Kier alpha value is -1.81. The average Bonchev–Trinajstić information content (AvgIpc) is 2.70. The first-order valence-electron chi connectivity index (χ1n) is 4.62. The van der Waals surface area contributed by atoms with Crippen LogP contribution in [0.1, 0.15) is 15.9 Å². The van der Waals surface area contributed by atoms with E-state index in [0.717, 1.165) is 11.3 Å². The van der Waals surface area contributed by atoms with Crippen molar-refractivity contribution >= 4 is 17.6 Å². The predicted octanol–water partition coefficient (Wildman–Crippen LogP) is 2.53. The van der Waals surface area contributed by atoms with Gasteiger partial charge < -0.3 is 5.11 Å². The minimum atomic E-state index is -0.995. The highest BCUT2D eigenvalue weighted by Gasteiger charge is 2.08. The minimum Gasteiger partial charge on any atom is -0.478 e. The number of nitrogens with zero attached hydrogens (tertiary/aromatic N) is 2. The fourth-order valence-electron chi connectivity index (χ4n) is 1.39. The van der Waals surface area contributed by atoms with Crippen LogP contribution in [0.15, 0.2) is 30.6 Å². The summed E-state index contributed by atoms with van der Waals surface area (Å²) in [4.78, 5) is 10.7. The molecule has 0 aliphatic heterocycles. The number of benzene rings is 1. The Labute approximate surface area is 97.1 Å². The van der Waals surface area contributed by atoms with Gasteiger partial charge in [-0.1, -0.05) is 17.7 Å². The molecule has 0 radical (unpaired) electrons. The van der Waals surface area contributed by atoms with Crippen LogP contribution in [0, 0.1) is 6.92 Å². The largest absolute Gasteiger partial charge is 0.478 e. The van der Waals surface area contributed by atoms with Crippen LogP contribution in [0.5, 0.6) is 0 Å². The Balaban J connectivity index is 2.50. The number of halogens is 1. The molecule has 0 unspecified atom stereocenters. The van der Waals surface area contributed by atoms with Crippen LogP contribution in [-0.4, -0.2) is 20.9 Å². The fraction of sp³-hybridized carbons (Fsp3) is 0.0909. The lowest BCUT2D eigenvalue weighted by atomic mass is 10.2. The molecule has 1 aromatic carbocycles. The first-order chi connectivity index (χ1) is 7.58. The number of aryl methyl sites for hydroxylation is 1. The molecule has 0 atom stereocenters. The third-order valence-corrected chi connectivity index (χ3v) is 2.48. The summed E-state index contributed by atoms with van der Waals surface area (Å²) in [5.74, 6) is -0.995. The SMILES string of the molecule is Cc1ccc(Cl)cc1-n1cc(C(=O)O)cn1. The van der Waals surface area contributed by atoms with Gasteiger partial charge in [-0.15, -0.1) is 0 Å². The molecule has 1 aromatic heterocycles. The number of hydrogen-bond donors (Lipinski definition) is 1. The third-order valence-electron chi connectivity index (χ3n) is 2.25. The van der Waals surface area contributed by atoms with Crippen LogP contribution in [0.25, 0.3) is 5.69 Å². The van der Waals surface area contributed by atoms with E-state index in [1.807, 2.05) is 13.0 Å². The zero-order valence-electron chi connectivity index (χ0n) is 8.51. The molecule has 82 valence electrons. The molecule has 0 aliphatic carbocycles. The van der Waals surface area contributed by atoms with Crippen molar-refractivity contribution in [3.8, 4) is 5.69 Å². The van der Waals surface area contributed by atoms with Crippen molar-refractivity contribution < 1.29 is 9.90 Å². The first kappa shape index (κ1) is 10.7. The Kier molecular flexibility index (Phi) is 2.66. The van der Waals surface area contributed by atoms with Gasteiger partial charge in [-0.25, -0.2) is 9.48 Å². The summed E-state index contributed by atoms with van der Waals surface area (Å²) in [5, 5.41) is 13.4. The van der Waals surface area contributed by atoms with Crippen LogP contribution in [0.3, 0.4) is 0 Å². The second-order valence-corrected chi connectivity index (χ2v) is 3.85. The molecule has 1 heterocycles. The second kappa shape index (κ2) is 3.98. The van der Waals surface area contributed by atoms with E-state index in [9.17, 15) is 4.79 Å². The number of carboxylic acids is 1. The smallest absolute Gasteiger partial charge is 0.338 e. The molecule has 0 fully saturated rings. The van der Waals surface area contributed by atoms with Gasteiger partial charge >= 0.3 is 5.97 Å². The van der Waals surface area contributed by atoms with Crippen molar-refractivity contribution in [1.82, 2.24) is 9.78 Å². The van der Waals surface area contributed by atoms with Gasteiger partial charge in [-0.05, 0) is 24.6 Å². The van der Waals surface area contributed by atoms with E-state index in [0.29, 0.717) is 5.02 Å². The van der Waals surface area contributed by atoms with Gasteiger partial charge in [0.2, 0.25) is 0 Å². The molecule has 5 heteroatoms. The number of carbonyl (C=O) groups is 1. The Morgan fingerprint density at radius 2 is 2.25 bits per heavy atom. The van der Waals surface area contributed by atoms with E-state index in [-0.39, 0.29) is 5.56 Å². The normalized spacial score (nSPS) is 10.4. The molecular formula is C11H9ClN2O2. The summed E-state index contributed by atoms with van der Waals surface area (Å²) in [7, 11) is 0. The molecule has 0 amide bonds. The second-order valence-electron chi connectivity index (χ2n) is 3.41. The minimum absolute atomic E-state index is 0.152. The zero-order chi connectivity index (χ0) is 11.7. The lowest BCUT2D eigenvalue weighted by Crippen LogP contribution is -1.98. The number of carboxylic acid groups (broad SMARTS) is 1. The highest BCUT2D eigenvalue weighted by molar-refractivity contribution is 6.30. The molecule has 0 aliphatic rings. The maximum absolute atomic E-state index is 10.7. The van der Waals surface area contributed by atoms with Gasteiger partial charge in [0.05, 0.1) is 17.4 Å². The molecule has 2 aromatic rings. The van der Waals surface area contributed by atoms with E-state index in [1.54, 1.807) is 12.1 Å². The van der Waals surface area contributed by atoms with Crippen molar-refractivity contribution in [2.24, 2.45) is 0 Å².